The Morgan fingerprint density at radius 2 is 2.16 bits per heavy atom. The molecule has 0 spiro atoms. The first-order valence-corrected chi connectivity index (χ1v) is 6.68. The van der Waals surface area contributed by atoms with Crippen LogP contribution in [0.3, 0.4) is 0 Å². The van der Waals surface area contributed by atoms with E-state index in [-0.39, 0.29) is 23.5 Å². The molecule has 19 heavy (non-hydrogen) atoms. The Morgan fingerprint density at radius 3 is 2.84 bits per heavy atom. The summed E-state index contributed by atoms with van der Waals surface area (Å²) in [5, 5.41) is 1.21. The van der Waals surface area contributed by atoms with Crippen LogP contribution in [-0.4, -0.2) is 17.1 Å². The third-order valence-electron chi connectivity index (χ3n) is 4.37. The molecule has 0 aliphatic heterocycles. The number of nitrogens with one attached hydrogen (secondary N) is 1. The zero-order chi connectivity index (χ0) is 13.6. The van der Waals surface area contributed by atoms with E-state index in [0.29, 0.717) is 6.42 Å². The van der Waals surface area contributed by atoms with Gasteiger partial charge in [0.1, 0.15) is 12.1 Å². The van der Waals surface area contributed by atoms with Gasteiger partial charge in [-0.15, -0.1) is 0 Å². The number of carbonyl (C=O) groups is 2. The van der Waals surface area contributed by atoms with Crippen molar-refractivity contribution < 1.29 is 9.59 Å². The molecule has 2 aromatic rings. The fourth-order valence-electron chi connectivity index (χ4n) is 3.44. The molecule has 0 saturated heterocycles. The summed E-state index contributed by atoms with van der Waals surface area (Å²) < 4.78 is 0. The number of benzene rings is 1. The molecule has 0 bridgehead atoms. The summed E-state index contributed by atoms with van der Waals surface area (Å²) in [5.41, 5.74) is 3.43. The van der Waals surface area contributed by atoms with E-state index in [0.717, 1.165) is 17.4 Å². The number of aromatic nitrogens is 1. The first kappa shape index (κ1) is 12.2. The molecule has 1 aliphatic rings. The van der Waals surface area contributed by atoms with Crippen molar-refractivity contribution in [3.63, 3.8) is 0 Å². The van der Waals surface area contributed by atoms with Gasteiger partial charge in [0, 0.05) is 35.4 Å². The highest BCUT2D eigenvalue weighted by Crippen LogP contribution is 2.47. The number of aromatic amines is 1. The second kappa shape index (κ2) is 4.34. The maximum absolute atomic E-state index is 11.5. The van der Waals surface area contributed by atoms with Crippen molar-refractivity contribution in [1.82, 2.24) is 4.98 Å². The largest absolute Gasteiger partial charge is 0.361 e. The summed E-state index contributed by atoms with van der Waals surface area (Å²) in [7, 11) is 0. The van der Waals surface area contributed by atoms with Crippen LogP contribution in [0.15, 0.2) is 24.4 Å². The van der Waals surface area contributed by atoms with Crippen molar-refractivity contribution in [2.45, 2.75) is 32.1 Å². The molecule has 1 N–H and O–H groups in total. The lowest BCUT2D eigenvalue weighted by Crippen LogP contribution is -2.26. The lowest BCUT2D eigenvalue weighted by molar-refractivity contribution is -0.118. The predicted molar refractivity (Wildman–Crippen MR) is 74.3 cm³/mol. The van der Waals surface area contributed by atoms with Gasteiger partial charge in [0.25, 0.3) is 0 Å². The van der Waals surface area contributed by atoms with Crippen molar-refractivity contribution in [2.75, 3.05) is 0 Å². The fourth-order valence-corrected chi connectivity index (χ4v) is 3.44. The normalized spacial score (nSPS) is 25.5. The maximum atomic E-state index is 11.5. The Kier molecular flexibility index (Phi) is 2.77. The molecule has 3 nitrogen and oxygen atoms in total. The van der Waals surface area contributed by atoms with Crippen LogP contribution in [0.2, 0.25) is 0 Å². The number of hydrogen-bond donors (Lipinski definition) is 1. The van der Waals surface area contributed by atoms with Crippen LogP contribution in [0.1, 0.15) is 43.2 Å². The van der Waals surface area contributed by atoms with Gasteiger partial charge in [-0.3, -0.25) is 0 Å². The average Bonchev–Trinajstić information content (AvgIpc) is 2.80. The van der Waals surface area contributed by atoms with Gasteiger partial charge in [0.2, 0.25) is 0 Å². The smallest absolute Gasteiger partial charge is 0.130 e. The molecule has 0 amide bonds. The molecule has 1 aromatic carbocycles. The Morgan fingerprint density at radius 1 is 1.37 bits per heavy atom. The van der Waals surface area contributed by atoms with Crippen LogP contribution < -0.4 is 0 Å². The Hall–Kier alpha value is -1.90. The molecule has 3 atom stereocenters. The van der Waals surface area contributed by atoms with E-state index in [1.165, 1.54) is 10.9 Å². The third-order valence-corrected chi connectivity index (χ3v) is 4.37. The fraction of sp³-hybridized carbons (Fsp3) is 0.375. The second-order valence-electron chi connectivity index (χ2n) is 5.53. The van der Waals surface area contributed by atoms with Crippen molar-refractivity contribution in [3.8, 4) is 0 Å². The van der Waals surface area contributed by atoms with Gasteiger partial charge in [0.15, 0.2) is 0 Å². The summed E-state index contributed by atoms with van der Waals surface area (Å²) in [6.45, 7) is 3.67. The number of aldehydes is 1. The van der Waals surface area contributed by atoms with Crippen molar-refractivity contribution in [2.24, 2.45) is 5.92 Å². The minimum Gasteiger partial charge on any atom is -0.361 e. The highest BCUT2D eigenvalue weighted by Gasteiger charge is 2.36. The van der Waals surface area contributed by atoms with E-state index in [4.69, 9.17) is 0 Å². The average molecular weight is 255 g/mol. The number of ketones is 1. The van der Waals surface area contributed by atoms with Gasteiger partial charge in [-0.2, -0.15) is 0 Å². The Labute approximate surface area is 112 Å². The van der Waals surface area contributed by atoms with Gasteiger partial charge in [-0.25, -0.2) is 0 Å². The van der Waals surface area contributed by atoms with Gasteiger partial charge >= 0.3 is 0 Å². The zero-order valence-corrected chi connectivity index (χ0v) is 11.1. The lowest BCUT2D eigenvalue weighted by atomic mass is 9.69. The van der Waals surface area contributed by atoms with Crippen LogP contribution in [0.25, 0.3) is 10.9 Å². The van der Waals surface area contributed by atoms with Crippen LogP contribution in [-0.2, 0) is 9.59 Å². The summed E-state index contributed by atoms with van der Waals surface area (Å²) in [4.78, 5) is 26.3. The summed E-state index contributed by atoms with van der Waals surface area (Å²) in [6.07, 6.45) is 3.46. The number of H-pyrrole nitrogens is 1. The minimum absolute atomic E-state index is 0.0111. The highest BCUT2D eigenvalue weighted by molar-refractivity contribution is 5.91. The van der Waals surface area contributed by atoms with Gasteiger partial charge in [-0.05, 0) is 30.0 Å². The zero-order valence-electron chi connectivity index (χ0n) is 11.1. The first-order chi connectivity index (χ1) is 9.13. The summed E-state index contributed by atoms with van der Waals surface area (Å²) in [6, 6.07) is 6.08. The standard InChI is InChI=1S/C16H17NO2/c1-9(19)6-12-11-4-3-5-15-16(11)13(7-17-15)10(2)14(12)8-18/h3-5,7-8,10,12,14,17H,6H2,1-2H3/t10-,12+,14+/m1/s1. The lowest BCUT2D eigenvalue weighted by Gasteiger charge is -2.33. The quantitative estimate of drug-likeness (QED) is 0.856. The van der Waals surface area contributed by atoms with E-state index in [1.54, 1.807) is 6.92 Å². The van der Waals surface area contributed by atoms with E-state index < -0.39 is 0 Å². The number of hydrogen-bond acceptors (Lipinski definition) is 2. The maximum Gasteiger partial charge on any atom is 0.130 e. The molecule has 0 radical (unpaired) electrons. The SMILES string of the molecule is CC(=O)C[C@H]1c2cccc3[nH]cc(c23)[C@@H](C)[C@@H]1C=O. The van der Waals surface area contributed by atoms with Crippen molar-refractivity contribution >= 4 is 23.0 Å². The van der Waals surface area contributed by atoms with Crippen molar-refractivity contribution in [1.29, 1.82) is 0 Å². The van der Waals surface area contributed by atoms with Crippen LogP contribution >= 0.6 is 0 Å². The molecular formula is C16H17NO2. The molecule has 0 fully saturated rings. The van der Waals surface area contributed by atoms with E-state index >= 15 is 0 Å². The Bertz CT molecular complexity index is 656. The van der Waals surface area contributed by atoms with Gasteiger partial charge in [-0.1, -0.05) is 19.1 Å². The molecule has 98 valence electrons. The second-order valence-corrected chi connectivity index (χ2v) is 5.53. The van der Waals surface area contributed by atoms with Crippen molar-refractivity contribution in [3.05, 3.63) is 35.5 Å². The minimum atomic E-state index is -0.113. The molecule has 1 aliphatic carbocycles. The molecule has 0 unspecified atom stereocenters. The number of Topliss-reactive ketones (excluding diaryl/α,β-unsaturated/α-hetero) is 1. The number of rotatable bonds is 3. The Balaban J connectivity index is 2.24. The monoisotopic (exact) mass is 255 g/mol. The van der Waals surface area contributed by atoms with E-state index in [2.05, 4.69) is 18.0 Å². The third kappa shape index (κ3) is 1.72. The first-order valence-electron chi connectivity index (χ1n) is 6.68. The van der Waals surface area contributed by atoms with Gasteiger partial charge < -0.3 is 14.6 Å². The molecule has 3 rings (SSSR count). The molecular weight excluding hydrogens is 238 g/mol. The van der Waals surface area contributed by atoms with E-state index in [9.17, 15) is 9.59 Å². The van der Waals surface area contributed by atoms with Crippen LogP contribution in [0.4, 0.5) is 0 Å². The van der Waals surface area contributed by atoms with Crippen LogP contribution in [0.5, 0.6) is 0 Å². The predicted octanol–water partition coefficient (Wildman–Crippen LogP) is 3.16. The molecule has 1 heterocycles. The highest BCUT2D eigenvalue weighted by atomic mass is 16.1. The van der Waals surface area contributed by atoms with Gasteiger partial charge in [0.05, 0.1) is 0 Å². The molecule has 3 heteroatoms. The summed E-state index contributed by atoms with van der Waals surface area (Å²) >= 11 is 0. The topological polar surface area (TPSA) is 49.9 Å². The van der Waals surface area contributed by atoms with E-state index in [1.807, 2.05) is 18.3 Å². The van der Waals surface area contributed by atoms with Crippen LogP contribution in [0, 0.1) is 5.92 Å². The number of carbonyl (C=O) groups excluding carboxylic acids is 2. The summed E-state index contributed by atoms with van der Waals surface area (Å²) in [5.74, 6) is 0.195. The molecule has 0 saturated carbocycles. The molecule has 1 aromatic heterocycles.